The molecule has 0 aliphatic rings. The Bertz CT molecular complexity index is 656. The molecule has 2 aromatic rings. The smallest absolute Gasteiger partial charge is 0.124 e. The molecule has 0 aromatic heterocycles. The van der Waals surface area contributed by atoms with Crippen molar-refractivity contribution < 1.29 is 13.9 Å². The lowest BCUT2D eigenvalue weighted by atomic mass is 10.2. The van der Waals surface area contributed by atoms with Crippen LogP contribution in [0.15, 0.2) is 40.9 Å². The molecule has 4 nitrogen and oxygen atoms in total. The van der Waals surface area contributed by atoms with E-state index in [4.69, 9.17) is 20.6 Å². The van der Waals surface area contributed by atoms with Gasteiger partial charge in [0.25, 0.3) is 0 Å². The van der Waals surface area contributed by atoms with E-state index in [1.165, 1.54) is 19.2 Å². The summed E-state index contributed by atoms with van der Waals surface area (Å²) in [6.07, 6.45) is 0. The Kier molecular flexibility index (Phi) is 4.80. The fraction of sp³-hybridized carbons (Fsp3) is 0.133. The third-order valence-electron chi connectivity index (χ3n) is 2.75. The number of ether oxygens (including phenoxy) is 2. The molecule has 6 heteroatoms. The topological polar surface area (TPSA) is 68.3 Å². The minimum atomic E-state index is -0.335. The number of nitrogen functional groups attached to an aromatic ring is 1. The number of rotatable bonds is 5. The Balaban J connectivity index is 2.19. The van der Waals surface area contributed by atoms with E-state index in [0.717, 1.165) is 0 Å². The molecule has 0 aliphatic heterocycles. The van der Waals surface area contributed by atoms with Crippen LogP contribution in [0.2, 0.25) is 0 Å². The molecule has 2 aromatic carbocycles. The summed E-state index contributed by atoms with van der Waals surface area (Å²) in [6.45, 7) is 0.195. The van der Waals surface area contributed by atoms with Crippen molar-refractivity contribution in [2.24, 2.45) is 5.73 Å². The molecule has 0 unspecified atom stereocenters. The van der Waals surface area contributed by atoms with E-state index in [0.29, 0.717) is 27.1 Å². The van der Waals surface area contributed by atoms with Crippen molar-refractivity contribution in [2.75, 3.05) is 7.11 Å². The number of nitrogens with one attached hydrogen (secondary N) is 1. The van der Waals surface area contributed by atoms with Crippen LogP contribution in [0.3, 0.4) is 0 Å². The largest absolute Gasteiger partial charge is 0.497 e. The van der Waals surface area contributed by atoms with Crippen molar-refractivity contribution in [2.45, 2.75) is 6.61 Å². The summed E-state index contributed by atoms with van der Waals surface area (Å²) in [6, 6.07) is 9.52. The highest BCUT2D eigenvalue weighted by atomic mass is 79.9. The highest BCUT2D eigenvalue weighted by Crippen LogP contribution is 2.24. The lowest BCUT2D eigenvalue weighted by Crippen LogP contribution is -2.11. The Labute approximate surface area is 130 Å². The van der Waals surface area contributed by atoms with Crippen LogP contribution in [0, 0.1) is 11.2 Å². The maximum Gasteiger partial charge on any atom is 0.124 e. The van der Waals surface area contributed by atoms with E-state index in [9.17, 15) is 4.39 Å². The summed E-state index contributed by atoms with van der Waals surface area (Å²) in [7, 11) is 1.52. The Morgan fingerprint density at radius 3 is 2.52 bits per heavy atom. The molecule has 110 valence electrons. The van der Waals surface area contributed by atoms with Gasteiger partial charge in [-0.25, -0.2) is 4.39 Å². The molecule has 0 saturated heterocycles. The molecule has 0 radical (unpaired) electrons. The highest BCUT2D eigenvalue weighted by Gasteiger charge is 2.06. The van der Waals surface area contributed by atoms with Gasteiger partial charge in [0, 0.05) is 16.1 Å². The van der Waals surface area contributed by atoms with E-state index >= 15 is 0 Å². The second-order valence-corrected chi connectivity index (χ2v) is 5.29. The van der Waals surface area contributed by atoms with Gasteiger partial charge in [-0.2, -0.15) is 0 Å². The van der Waals surface area contributed by atoms with Crippen LogP contribution in [0.1, 0.15) is 11.1 Å². The molecular weight excluding hydrogens is 339 g/mol. The number of benzene rings is 2. The maximum absolute atomic E-state index is 13.3. The molecule has 21 heavy (non-hydrogen) atoms. The molecule has 0 bridgehead atoms. The van der Waals surface area contributed by atoms with Gasteiger partial charge in [0.2, 0.25) is 0 Å². The molecule has 0 saturated carbocycles. The molecule has 0 atom stereocenters. The number of hydrogen-bond donors (Lipinski definition) is 2. The van der Waals surface area contributed by atoms with Gasteiger partial charge in [-0.1, -0.05) is 15.9 Å². The van der Waals surface area contributed by atoms with Gasteiger partial charge in [0.1, 0.15) is 29.8 Å². The molecule has 0 heterocycles. The molecule has 0 spiro atoms. The van der Waals surface area contributed by atoms with E-state index in [1.807, 2.05) is 0 Å². The van der Waals surface area contributed by atoms with E-state index < -0.39 is 0 Å². The van der Waals surface area contributed by atoms with Crippen LogP contribution in [0.5, 0.6) is 11.5 Å². The SMILES string of the molecule is COc1cc(OCc2cc(F)cc(Br)c2)cc(C(=N)N)c1. The summed E-state index contributed by atoms with van der Waals surface area (Å²) < 4.78 is 24.7. The van der Waals surface area contributed by atoms with E-state index in [1.54, 1.807) is 24.3 Å². The summed E-state index contributed by atoms with van der Waals surface area (Å²) in [5.74, 6) is 0.628. The van der Waals surface area contributed by atoms with Gasteiger partial charge in [0.15, 0.2) is 0 Å². The third kappa shape index (κ3) is 4.19. The van der Waals surface area contributed by atoms with Crippen LogP contribution in [-0.4, -0.2) is 12.9 Å². The first kappa shape index (κ1) is 15.3. The number of halogens is 2. The molecule has 3 N–H and O–H groups in total. The van der Waals surface area contributed by atoms with Crippen molar-refractivity contribution in [3.63, 3.8) is 0 Å². The predicted molar refractivity (Wildman–Crippen MR) is 82.4 cm³/mol. The van der Waals surface area contributed by atoms with E-state index in [-0.39, 0.29) is 18.3 Å². The molecule has 0 amide bonds. The second-order valence-electron chi connectivity index (χ2n) is 4.38. The third-order valence-corrected chi connectivity index (χ3v) is 3.21. The predicted octanol–water partition coefficient (Wildman–Crippen LogP) is 3.46. The van der Waals surface area contributed by atoms with Crippen molar-refractivity contribution in [3.8, 4) is 11.5 Å². The second kappa shape index (κ2) is 6.58. The molecule has 0 aliphatic carbocycles. The average molecular weight is 353 g/mol. The fourth-order valence-corrected chi connectivity index (χ4v) is 2.30. The highest BCUT2D eigenvalue weighted by molar-refractivity contribution is 9.10. The van der Waals surface area contributed by atoms with Gasteiger partial charge in [0.05, 0.1) is 7.11 Å². The van der Waals surface area contributed by atoms with Crippen molar-refractivity contribution >= 4 is 21.8 Å². The minimum Gasteiger partial charge on any atom is -0.497 e. The number of amidine groups is 1. The quantitative estimate of drug-likeness (QED) is 0.639. The van der Waals surface area contributed by atoms with Crippen LogP contribution in [-0.2, 0) is 6.61 Å². The monoisotopic (exact) mass is 352 g/mol. The summed E-state index contributed by atoms with van der Waals surface area (Å²) in [4.78, 5) is 0. The van der Waals surface area contributed by atoms with Gasteiger partial charge in [-0.05, 0) is 35.9 Å². The van der Waals surface area contributed by atoms with Crippen LogP contribution < -0.4 is 15.2 Å². The van der Waals surface area contributed by atoms with Crippen LogP contribution in [0.4, 0.5) is 4.39 Å². The van der Waals surface area contributed by atoms with Crippen molar-refractivity contribution in [1.29, 1.82) is 5.41 Å². The zero-order valence-electron chi connectivity index (χ0n) is 11.3. The van der Waals surface area contributed by atoms with Gasteiger partial charge in [-0.3, -0.25) is 5.41 Å². The van der Waals surface area contributed by atoms with E-state index in [2.05, 4.69) is 15.9 Å². The van der Waals surface area contributed by atoms with Gasteiger partial charge < -0.3 is 15.2 Å². The lowest BCUT2D eigenvalue weighted by Gasteiger charge is -2.10. The molecular formula is C15H14BrFN2O2. The fourth-order valence-electron chi connectivity index (χ4n) is 1.79. The minimum absolute atomic E-state index is 0.0766. The van der Waals surface area contributed by atoms with Gasteiger partial charge >= 0.3 is 0 Å². The van der Waals surface area contributed by atoms with Crippen LogP contribution in [0.25, 0.3) is 0 Å². The summed E-state index contributed by atoms with van der Waals surface area (Å²) >= 11 is 3.23. The summed E-state index contributed by atoms with van der Waals surface area (Å²) in [5.41, 5.74) is 6.66. The number of hydrogen-bond acceptors (Lipinski definition) is 3. The standard InChI is InChI=1S/C15H14BrFN2O2/c1-20-13-4-10(15(18)19)5-14(7-13)21-8-9-2-11(16)6-12(17)3-9/h2-7H,8H2,1H3,(H3,18,19). The maximum atomic E-state index is 13.3. The first-order valence-electron chi connectivity index (χ1n) is 6.09. The van der Waals surface area contributed by atoms with Gasteiger partial charge in [-0.15, -0.1) is 0 Å². The first-order chi connectivity index (χ1) is 9.97. The first-order valence-corrected chi connectivity index (χ1v) is 6.88. The average Bonchev–Trinajstić information content (AvgIpc) is 2.43. The molecule has 0 fully saturated rings. The van der Waals surface area contributed by atoms with Crippen LogP contribution >= 0.6 is 15.9 Å². The summed E-state index contributed by atoms with van der Waals surface area (Å²) in [5, 5.41) is 7.47. The molecule has 2 rings (SSSR count). The zero-order chi connectivity index (χ0) is 15.4. The zero-order valence-corrected chi connectivity index (χ0v) is 12.9. The lowest BCUT2D eigenvalue weighted by molar-refractivity contribution is 0.303. The van der Waals surface area contributed by atoms with Crippen molar-refractivity contribution in [1.82, 2.24) is 0 Å². The Morgan fingerprint density at radius 1 is 1.19 bits per heavy atom. The van der Waals surface area contributed by atoms with Crippen molar-refractivity contribution in [3.05, 3.63) is 57.8 Å². The number of methoxy groups -OCH3 is 1. The Morgan fingerprint density at radius 2 is 1.90 bits per heavy atom. The number of nitrogens with two attached hydrogens (primary N) is 1. The Hall–Kier alpha value is -2.08. The normalized spacial score (nSPS) is 10.2.